The van der Waals surface area contributed by atoms with Crippen molar-refractivity contribution < 1.29 is 0 Å². The number of anilines is 3. The van der Waals surface area contributed by atoms with Crippen molar-refractivity contribution in [3.8, 4) is 11.4 Å². The first kappa shape index (κ1) is 20.8. The van der Waals surface area contributed by atoms with Gasteiger partial charge in [-0.25, -0.2) is 9.97 Å². The fourth-order valence-electron chi connectivity index (χ4n) is 3.07. The second kappa shape index (κ2) is 8.64. The van der Waals surface area contributed by atoms with E-state index in [1.54, 1.807) is 0 Å². The molecule has 2 heterocycles. The average molecular weight is 393 g/mol. The minimum absolute atomic E-state index is 0.117. The van der Waals surface area contributed by atoms with Gasteiger partial charge in [-0.05, 0) is 24.3 Å². The molecule has 2 N–H and O–H groups in total. The van der Waals surface area contributed by atoms with Gasteiger partial charge < -0.3 is 10.2 Å². The third-order valence-corrected chi connectivity index (χ3v) is 4.92. The summed E-state index contributed by atoms with van der Waals surface area (Å²) in [6, 6.07) is 12.5. The summed E-state index contributed by atoms with van der Waals surface area (Å²) in [5, 5.41) is 10.5. The lowest BCUT2D eigenvalue weighted by Crippen LogP contribution is -2.20. The fourth-order valence-corrected chi connectivity index (χ4v) is 3.07. The summed E-state index contributed by atoms with van der Waals surface area (Å²) < 4.78 is 0. The summed E-state index contributed by atoms with van der Waals surface area (Å²) in [5.41, 5.74) is 3.42. The largest absolute Gasteiger partial charge is 0.359 e. The van der Waals surface area contributed by atoms with Crippen molar-refractivity contribution in [1.29, 1.82) is 0 Å². The molecule has 0 spiro atoms. The van der Waals surface area contributed by atoms with E-state index in [1.165, 1.54) is 5.56 Å². The maximum Gasteiger partial charge on any atom is 0.163 e. The highest BCUT2D eigenvalue weighted by Crippen LogP contribution is 2.27. The number of hydrogen-bond donors (Lipinski definition) is 2. The van der Waals surface area contributed by atoms with E-state index in [4.69, 9.17) is 9.97 Å². The van der Waals surface area contributed by atoms with Crippen LogP contribution >= 0.6 is 0 Å². The molecule has 0 atom stereocenters. The molecular formula is C23H32N6. The van der Waals surface area contributed by atoms with Crippen LogP contribution in [0.3, 0.4) is 0 Å². The molecule has 6 nitrogen and oxygen atoms in total. The number of aryl methyl sites for hydroxylation is 1. The predicted molar refractivity (Wildman–Crippen MR) is 121 cm³/mol. The van der Waals surface area contributed by atoms with Crippen molar-refractivity contribution in [3.63, 3.8) is 0 Å². The number of benzene rings is 1. The van der Waals surface area contributed by atoms with Crippen molar-refractivity contribution in [2.24, 2.45) is 0 Å². The highest BCUT2D eigenvalue weighted by molar-refractivity contribution is 5.64. The monoisotopic (exact) mass is 392 g/mol. The van der Waals surface area contributed by atoms with Gasteiger partial charge in [0.2, 0.25) is 0 Å². The Morgan fingerprint density at radius 3 is 2.34 bits per heavy atom. The van der Waals surface area contributed by atoms with Crippen LogP contribution < -0.4 is 10.2 Å². The summed E-state index contributed by atoms with van der Waals surface area (Å²) in [4.78, 5) is 11.8. The van der Waals surface area contributed by atoms with E-state index in [2.05, 4.69) is 79.4 Å². The molecule has 0 amide bonds. The Morgan fingerprint density at radius 1 is 1.03 bits per heavy atom. The Balaban J connectivity index is 1.97. The summed E-state index contributed by atoms with van der Waals surface area (Å²) in [7, 11) is 2.08. The van der Waals surface area contributed by atoms with E-state index >= 15 is 0 Å². The molecule has 0 aliphatic heterocycles. The van der Waals surface area contributed by atoms with Crippen molar-refractivity contribution >= 4 is 17.5 Å². The Hall–Kier alpha value is -2.89. The molecule has 1 aromatic carbocycles. The smallest absolute Gasteiger partial charge is 0.163 e. The lowest BCUT2D eigenvalue weighted by atomic mass is 9.87. The van der Waals surface area contributed by atoms with E-state index in [9.17, 15) is 0 Å². The van der Waals surface area contributed by atoms with Crippen LogP contribution in [0.4, 0.5) is 17.5 Å². The molecule has 29 heavy (non-hydrogen) atoms. The number of nitrogens with zero attached hydrogens (tertiary/aromatic N) is 4. The second-order valence-electron chi connectivity index (χ2n) is 8.60. The third kappa shape index (κ3) is 5.34. The summed E-state index contributed by atoms with van der Waals surface area (Å²) in [6.07, 6.45) is 2.27. The first-order chi connectivity index (χ1) is 13.8. The summed E-state index contributed by atoms with van der Waals surface area (Å²) in [6.45, 7) is 11.8. The second-order valence-corrected chi connectivity index (χ2v) is 8.60. The van der Waals surface area contributed by atoms with Crippen LogP contribution in [0.2, 0.25) is 0 Å². The number of aromatic amines is 1. The van der Waals surface area contributed by atoms with Gasteiger partial charge in [0.25, 0.3) is 0 Å². The van der Waals surface area contributed by atoms with E-state index in [1.807, 2.05) is 19.1 Å². The van der Waals surface area contributed by atoms with Crippen molar-refractivity contribution in [2.75, 3.05) is 23.8 Å². The number of hydrogen-bond acceptors (Lipinski definition) is 5. The Morgan fingerprint density at radius 2 is 1.76 bits per heavy atom. The summed E-state index contributed by atoms with van der Waals surface area (Å²) >= 11 is 0. The SMILES string of the molecule is CCCCN(C)c1cc(Nc2cc(C)[nH]n2)nc(-c2ccc(C(C)(C)C)cc2)n1. The summed E-state index contributed by atoms with van der Waals surface area (Å²) in [5.74, 6) is 3.09. The molecule has 3 rings (SSSR count). The third-order valence-electron chi connectivity index (χ3n) is 4.92. The predicted octanol–water partition coefficient (Wildman–Crippen LogP) is 5.45. The molecule has 0 bridgehead atoms. The zero-order chi connectivity index (χ0) is 21.0. The van der Waals surface area contributed by atoms with Gasteiger partial charge in [0.05, 0.1) is 0 Å². The molecular weight excluding hydrogens is 360 g/mol. The number of aromatic nitrogens is 4. The number of nitrogens with one attached hydrogen (secondary N) is 2. The zero-order valence-corrected chi connectivity index (χ0v) is 18.4. The van der Waals surface area contributed by atoms with Crippen LogP contribution in [0, 0.1) is 6.92 Å². The van der Waals surface area contributed by atoms with Gasteiger partial charge >= 0.3 is 0 Å². The van der Waals surface area contributed by atoms with Gasteiger partial charge in [0.15, 0.2) is 11.6 Å². The van der Waals surface area contributed by atoms with Gasteiger partial charge in [-0.2, -0.15) is 5.10 Å². The molecule has 6 heteroatoms. The topological polar surface area (TPSA) is 69.7 Å². The van der Waals surface area contributed by atoms with Gasteiger partial charge in [0.1, 0.15) is 11.6 Å². The van der Waals surface area contributed by atoms with Crippen LogP contribution in [0.15, 0.2) is 36.4 Å². The molecule has 0 radical (unpaired) electrons. The van der Waals surface area contributed by atoms with Crippen LogP contribution in [-0.2, 0) is 5.41 Å². The van der Waals surface area contributed by atoms with Crippen LogP contribution in [-0.4, -0.2) is 33.8 Å². The van der Waals surface area contributed by atoms with Gasteiger partial charge in [0, 0.05) is 37.0 Å². The van der Waals surface area contributed by atoms with Crippen LogP contribution in [0.5, 0.6) is 0 Å². The first-order valence-corrected chi connectivity index (χ1v) is 10.3. The highest BCUT2D eigenvalue weighted by atomic mass is 15.2. The van der Waals surface area contributed by atoms with Crippen LogP contribution in [0.1, 0.15) is 51.8 Å². The Bertz CT molecular complexity index is 937. The standard InChI is InChI=1S/C23H32N6/c1-7-8-13-29(6)21-15-19(24-20-14-16(2)27-28-20)25-22(26-21)17-9-11-18(12-10-17)23(3,4)5/h9-12,14-15H,7-8,13H2,1-6H3,(H2,24,25,26,27,28). The molecule has 0 aliphatic rings. The molecule has 2 aromatic heterocycles. The highest BCUT2D eigenvalue weighted by Gasteiger charge is 2.15. The molecule has 0 fully saturated rings. The van der Waals surface area contributed by atoms with Crippen molar-refractivity contribution in [2.45, 2.75) is 52.9 Å². The Labute approximate surface area is 173 Å². The molecule has 0 aliphatic carbocycles. The maximum atomic E-state index is 4.84. The molecule has 0 saturated heterocycles. The lowest BCUT2D eigenvalue weighted by molar-refractivity contribution is 0.590. The molecule has 0 unspecified atom stereocenters. The molecule has 3 aromatic rings. The van der Waals surface area contributed by atoms with Gasteiger partial charge in [-0.1, -0.05) is 58.4 Å². The average Bonchev–Trinajstić information content (AvgIpc) is 3.09. The van der Waals surface area contributed by atoms with Gasteiger partial charge in [-0.3, -0.25) is 5.10 Å². The van der Waals surface area contributed by atoms with Crippen LogP contribution in [0.25, 0.3) is 11.4 Å². The van der Waals surface area contributed by atoms with E-state index in [0.717, 1.165) is 48.1 Å². The normalized spacial score (nSPS) is 11.5. The lowest BCUT2D eigenvalue weighted by Gasteiger charge is -2.20. The number of rotatable bonds is 7. The van der Waals surface area contributed by atoms with E-state index in [-0.39, 0.29) is 5.41 Å². The van der Waals surface area contributed by atoms with Crippen molar-refractivity contribution in [3.05, 3.63) is 47.7 Å². The fraction of sp³-hybridized carbons (Fsp3) is 0.435. The van der Waals surface area contributed by atoms with E-state index in [0.29, 0.717) is 5.82 Å². The Kier molecular flexibility index (Phi) is 6.20. The number of unbranched alkanes of at least 4 members (excludes halogenated alkanes) is 1. The zero-order valence-electron chi connectivity index (χ0n) is 18.4. The van der Waals surface area contributed by atoms with E-state index < -0.39 is 0 Å². The molecule has 154 valence electrons. The minimum atomic E-state index is 0.117. The maximum absolute atomic E-state index is 4.84. The van der Waals surface area contributed by atoms with Gasteiger partial charge in [-0.15, -0.1) is 0 Å². The quantitative estimate of drug-likeness (QED) is 0.559. The first-order valence-electron chi connectivity index (χ1n) is 10.3. The minimum Gasteiger partial charge on any atom is -0.359 e. The molecule has 0 saturated carbocycles. The number of H-pyrrole nitrogens is 1. The van der Waals surface area contributed by atoms with Crippen molar-refractivity contribution in [1.82, 2.24) is 20.2 Å².